The van der Waals surface area contributed by atoms with Crippen LogP contribution < -0.4 is 24.6 Å². The fourth-order valence-corrected chi connectivity index (χ4v) is 11.3. The Bertz CT molecular complexity index is 1450. The van der Waals surface area contributed by atoms with Crippen LogP contribution in [-0.4, -0.2) is 81.3 Å². The molecular formula is C35H42O10Si. The van der Waals surface area contributed by atoms with Crippen molar-refractivity contribution >= 4 is 30.6 Å². The van der Waals surface area contributed by atoms with Crippen LogP contribution in [0.4, 0.5) is 0 Å². The topological polar surface area (TPSA) is 130 Å². The van der Waals surface area contributed by atoms with E-state index in [2.05, 4.69) is 45.0 Å². The van der Waals surface area contributed by atoms with E-state index in [1.54, 1.807) is 18.2 Å². The summed E-state index contributed by atoms with van der Waals surface area (Å²) in [5.74, 6) is -0.887. The van der Waals surface area contributed by atoms with E-state index in [1.807, 2.05) is 36.4 Å². The van der Waals surface area contributed by atoms with Crippen molar-refractivity contribution < 1.29 is 47.9 Å². The Hall–Kier alpha value is -3.90. The van der Waals surface area contributed by atoms with E-state index in [0.29, 0.717) is 23.7 Å². The molecule has 2 unspecified atom stereocenters. The zero-order valence-electron chi connectivity index (χ0n) is 26.8. The quantitative estimate of drug-likeness (QED) is 0.236. The van der Waals surface area contributed by atoms with Crippen LogP contribution in [0.15, 0.2) is 78.9 Å². The highest BCUT2D eigenvalue weighted by Crippen LogP contribution is 2.49. The van der Waals surface area contributed by atoms with Crippen molar-refractivity contribution in [2.45, 2.75) is 69.7 Å². The summed E-state index contributed by atoms with van der Waals surface area (Å²) in [4.78, 5) is 23.3. The van der Waals surface area contributed by atoms with E-state index in [9.17, 15) is 19.8 Å². The van der Waals surface area contributed by atoms with Gasteiger partial charge >= 0.3 is 11.9 Å². The summed E-state index contributed by atoms with van der Waals surface area (Å²) in [6.07, 6.45) is -4.44. The number of methoxy groups -OCH3 is 1. The number of hydrogen-bond donors (Lipinski definition) is 2. The van der Waals surface area contributed by atoms with Gasteiger partial charge < -0.3 is 38.3 Å². The molecule has 46 heavy (non-hydrogen) atoms. The Morgan fingerprint density at radius 3 is 2.13 bits per heavy atom. The van der Waals surface area contributed by atoms with Gasteiger partial charge in [-0.25, -0.2) is 4.79 Å². The molecular weight excluding hydrogens is 608 g/mol. The van der Waals surface area contributed by atoms with Crippen LogP contribution in [0.3, 0.4) is 0 Å². The standard InChI is InChI=1S/C35H42O10Si/c1-22(36)41-20-25(37)32(39)31-28(19-29-34(31)43-27-18-12-17-26(33(27)44-29)42-21-30(38)40-5)45-46(35(2,3)4,23-13-8-6-9-14-23)24-15-10-7-11-16-24/h6-18,25,28-29,31-32,34,37,39H,19-21H2,1-5H3/t25?,28-,29+,31?,32+,34+/m1/s1. The summed E-state index contributed by atoms with van der Waals surface area (Å²) in [5.41, 5.74) is 0. The molecule has 2 aliphatic rings. The van der Waals surface area contributed by atoms with Gasteiger partial charge in [-0.3, -0.25) is 4.79 Å². The van der Waals surface area contributed by atoms with Crippen molar-refractivity contribution in [1.29, 1.82) is 0 Å². The third-order valence-electron chi connectivity index (χ3n) is 8.68. The first kappa shape index (κ1) is 33.5. The number of aliphatic hydroxyl groups is 2. The number of ether oxygens (including phenoxy) is 5. The van der Waals surface area contributed by atoms with Gasteiger partial charge in [0, 0.05) is 13.3 Å². The van der Waals surface area contributed by atoms with E-state index < -0.39 is 56.7 Å². The van der Waals surface area contributed by atoms with Crippen molar-refractivity contribution in [3.05, 3.63) is 78.9 Å². The lowest BCUT2D eigenvalue weighted by Crippen LogP contribution is -2.68. The lowest BCUT2D eigenvalue weighted by Gasteiger charge is -2.46. The molecule has 1 heterocycles. The Balaban J connectivity index is 1.57. The molecule has 3 aromatic rings. The van der Waals surface area contributed by atoms with Gasteiger partial charge in [0.1, 0.15) is 24.9 Å². The number of rotatable bonds is 11. The van der Waals surface area contributed by atoms with Gasteiger partial charge in [-0.15, -0.1) is 0 Å². The molecule has 0 bridgehead atoms. The van der Waals surface area contributed by atoms with Crippen LogP contribution in [0.1, 0.15) is 34.1 Å². The van der Waals surface area contributed by atoms with E-state index >= 15 is 0 Å². The molecule has 1 saturated carbocycles. The lowest BCUT2D eigenvalue weighted by atomic mass is 9.92. The average Bonchev–Trinajstić information content (AvgIpc) is 3.40. The maximum Gasteiger partial charge on any atom is 0.343 e. The Morgan fingerprint density at radius 1 is 0.935 bits per heavy atom. The number of esters is 2. The highest BCUT2D eigenvalue weighted by atomic mass is 28.4. The zero-order valence-corrected chi connectivity index (χ0v) is 27.8. The molecule has 0 saturated heterocycles. The van der Waals surface area contributed by atoms with Crippen molar-refractivity contribution in [3.8, 4) is 17.2 Å². The smallest absolute Gasteiger partial charge is 0.343 e. The molecule has 0 aromatic heterocycles. The number of aliphatic hydroxyl groups excluding tert-OH is 2. The average molecular weight is 651 g/mol. The molecule has 0 radical (unpaired) electrons. The van der Waals surface area contributed by atoms with Crippen LogP contribution >= 0.6 is 0 Å². The third kappa shape index (κ3) is 6.64. The Kier molecular flexibility index (Phi) is 10.1. The number of para-hydroxylation sites is 1. The van der Waals surface area contributed by atoms with Gasteiger partial charge in [-0.1, -0.05) is 87.5 Å². The zero-order chi connectivity index (χ0) is 33.1. The molecule has 0 spiro atoms. The van der Waals surface area contributed by atoms with E-state index in [1.165, 1.54) is 14.0 Å². The summed E-state index contributed by atoms with van der Waals surface area (Å²) in [6.45, 7) is 7.03. The van der Waals surface area contributed by atoms with Gasteiger partial charge in [0.2, 0.25) is 5.75 Å². The van der Waals surface area contributed by atoms with Crippen molar-refractivity contribution in [3.63, 3.8) is 0 Å². The summed E-state index contributed by atoms with van der Waals surface area (Å²) < 4.78 is 36.0. The van der Waals surface area contributed by atoms with Crippen LogP contribution in [0.2, 0.25) is 5.04 Å². The highest BCUT2D eigenvalue weighted by molar-refractivity contribution is 6.99. The summed E-state index contributed by atoms with van der Waals surface area (Å²) in [7, 11) is -1.84. The van der Waals surface area contributed by atoms with Gasteiger partial charge in [0.25, 0.3) is 8.32 Å². The maximum atomic E-state index is 11.8. The number of carbonyl (C=O) groups is 2. The first-order valence-corrected chi connectivity index (χ1v) is 17.3. The molecule has 11 heteroatoms. The summed E-state index contributed by atoms with van der Waals surface area (Å²) in [5, 5.41) is 24.6. The van der Waals surface area contributed by atoms with Gasteiger partial charge in [-0.05, 0) is 27.5 Å². The molecule has 10 nitrogen and oxygen atoms in total. The van der Waals surface area contributed by atoms with Gasteiger partial charge in [0.15, 0.2) is 18.1 Å². The second-order valence-electron chi connectivity index (χ2n) is 12.7. The molecule has 6 atom stereocenters. The van der Waals surface area contributed by atoms with Gasteiger partial charge in [-0.2, -0.15) is 0 Å². The SMILES string of the molecule is COC(=O)COc1cccc2c1O[C@H]1C[C@@H](O[Si](c3ccccc3)(c3ccccc3)C(C)(C)C)C([C@@H](O)C(O)COC(C)=O)[C@H]1O2. The maximum absolute atomic E-state index is 11.8. The van der Waals surface area contributed by atoms with Crippen molar-refractivity contribution in [1.82, 2.24) is 0 Å². The summed E-state index contributed by atoms with van der Waals surface area (Å²) >= 11 is 0. The van der Waals surface area contributed by atoms with Crippen LogP contribution in [0.5, 0.6) is 17.2 Å². The molecule has 2 N–H and O–H groups in total. The first-order chi connectivity index (χ1) is 22.0. The van der Waals surface area contributed by atoms with Crippen molar-refractivity contribution in [2.24, 2.45) is 5.92 Å². The van der Waals surface area contributed by atoms with Crippen LogP contribution in [0.25, 0.3) is 0 Å². The van der Waals surface area contributed by atoms with Crippen LogP contribution in [0, 0.1) is 5.92 Å². The minimum atomic E-state index is -3.12. The van der Waals surface area contributed by atoms with Gasteiger partial charge in [0.05, 0.1) is 25.2 Å². The first-order valence-electron chi connectivity index (χ1n) is 15.4. The Labute approximate surface area is 270 Å². The fraction of sp³-hybridized carbons (Fsp3) is 0.429. The minimum Gasteiger partial charge on any atom is -0.482 e. The van der Waals surface area contributed by atoms with E-state index in [4.69, 9.17) is 28.1 Å². The molecule has 5 rings (SSSR count). The number of hydrogen-bond acceptors (Lipinski definition) is 10. The molecule has 1 aliphatic heterocycles. The number of carbonyl (C=O) groups excluding carboxylic acids is 2. The second-order valence-corrected chi connectivity index (χ2v) is 16.9. The normalized spacial score (nSPS) is 21.9. The third-order valence-corrected chi connectivity index (χ3v) is 13.7. The van der Waals surface area contributed by atoms with E-state index in [-0.39, 0.29) is 18.3 Å². The fourth-order valence-electron chi connectivity index (χ4n) is 6.58. The predicted molar refractivity (Wildman–Crippen MR) is 172 cm³/mol. The van der Waals surface area contributed by atoms with Crippen LogP contribution in [-0.2, 0) is 23.5 Å². The Morgan fingerprint density at radius 2 is 1.57 bits per heavy atom. The second kappa shape index (κ2) is 13.8. The largest absolute Gasteiger partial charge is 0.482 e. The molecule has 246 valence electrons. The number of fused-ring (bicyclic) bond motifs is 2. The molecule has 0 amide bonds. The number of benzene rings is 3. The summed E-state index contributed by atoms with van der Waals surface area (Å²) in [6, 6.07) is 25.4. The molecule has 3 aromatic carbocycles. The molecule has 1 aliphatic carbocycles. The molecule has 1 fully saturated rings. The van der Waals surface area contributed by atoms with E-state index in [0.717, 1.165) is 10.4 Å². The highest BCUT2D eigenvalue weighted by Gasteiger charge is 2.59. The van der Waals surface area contributed by atoms with Crippen molar-refractivity contribution in [2.75, 3.05) is 20.3 Å². The minimum absolute atomic E-state index is 0.310. The lowest BCUT2D eigenvalue weighted by molar-refractivity contribution is -0.150. The predicted octanol–water partition coefficient (Wildman–Crippen LogP) is 3.00. The monoisotopic (exact) mass is 650 g/mol.